The fourth-order valence-electron chi connectivity index (χ4n) is 1.39. The van der Waals surface area contributed by atoms with Crippen molar-refractivity contribution in [1.29, 1.82) is 0 Å². The third kappa shape index (κ3) is 3.37. The van der Waals surface area contributed by atoms with Crippen molar-refractivity contribution in [3.8, 4) is 0 Å². The zero-order valence-corrected chi connectivity index (χ0v) is 10.1. The summed E-state index contributed by atoms with van der Waals surface area (Å²) in [5, 5.41) is 8.54. The van der Waals surface area contributed by atoms with Crippen molar-refractivity contribution in [3.05, 3.63) is 65.7 Å². The van der Waals surface area contributed by atoms with Crippen molar-refractivity contribution in [2.24, 2.45) is 0 Å². The van der Waals surface area contributed by atoms with Gasteiger partial charge in [-0.2, -0.15) is 0 Å². The van der Waals surface area contributed by atoms with Crippen LogP contribution in [0.3, 0.4) is 0 Å². The van der Waals surface area contributed by atoms with E-state index in [0.29, 0.717) is 0 Å². The van der Waals surface area contributed by atoms with Crippen molar-refractivity contribution >= 4 is 21.6 Å². The van der Waals surface area contributed by atoms with Crippen LogP contribution in [0.1, 0.15) is 5.56 Å². The number of benzene rings is 2. The molecule has 1 heterocycles. The van der Waals surface area contributed by atoms with E-state index in [4.69, 9.17) is 5.11 Å². The average molecular weight is 243 g/mol. The van der Waals surface area contributed by atoms with Gasteiger partial charge in [-0.15, -0.1) is 11.3 Å². The lowest BCUT2D eigenvalue weighted by molar-refractivity contribution is 0.282. The molecule has 86 valence electrons. The first-order chi connectivity index (χ1) is 8.40. The average Bonchev–Trinajstić information content (AvgIpc) is 2.89. The highest BCUT2D eigenvalue weighted by atomic mass is 32.1. The topological polar surface area (TPSA) is 33.1 Å². The predicted octanol–water partition coefficient (Wildman–Crippen LogP) is 3.48. The highest BCUT2D eigenvalue weighted by molar-refractivity contribution is 7.16. The summed E-state index contributed by atoms with van der Waals surface area (Å²) in [5.41, 5.74) is 3.93. The second kappa shape index (κ2) is 6.13. The maximum absolute atomic E-state index is 8.54. The van der Waals surface area contributed by atoms with Gasteiger partial charge >= 0.3 is 0 Å². The van der Waals surface area contributed by atoms with Gasteiger partial charge in [0.05, 0.1) is 22.3 Å². The Bertz CT molecular complexity index is 532. The molecule has 0 unspecified atom stereocenters. The van der Waals surface area contributed by atoms with Crippen molar-refractivity contribution in [3.63, 3.8) is 0 Å². The molecule has 3 heteroatoms. The lowest BCUT2D eigenvalue weighted by Crippen LogP contribution is -1.77. The van der Waals surface area contributed by atoms with Crippen molar-refractivity contribution in [2.75, 3.05) is 0 Å². The molecule has 3 rings (SSSR count). The van der Waals surface area contributed by atoms with Gasteiger partial charge in [-0.05, 0) is 17.7 Å². The Labute approximate surface area is 104 Å². The Balaban J connectivity index is 0.000000128. The number of para-hydroxylation sites is 1. The van der Waals surface area contributed by atoms with Crippen molar-refractivity contribution < 1.29 is 5.11 Å². The van der Waals surface area contributed by atoms with Gasteiger partial charge in [0.15, 0.2) is 0 Å². The molecule has 0 fully saturated rings. The van der Waals surface area contributed by atoms with Gasteiger partial charge < -0.3 is 5.11 Å². The van der Waals surface area contributed by atoms with Gasteiger partial charge in [-0.25, -0.2) is 4.98 Å². The van der Waals surface area contributed by atoms with Gasteiger partial charge in [-0.1, -0.05) is 42.5 Å². The molecule has 0 aliphatic rings. The van der Waals surface area contributed by atoms with E-state index in [1.807, 2.05) is 54.0 Å². The Hall–Kier alpha value is -1.71. The number of fused-ring (bicyclic) bond motifs is 1. The highest BCUT2D eigenvalue weighted by Crippen LogP contribution is 2.15. The van der Waals surface area contributed by atoms with Crippen molar-refractivity contribution in [2.45, 2.75) is 6.61 Å². The summed E-state index contributed by atoms with van der Waals surface area (Å²) in [6.45, 7) is 0.140. The molecule has 0 radical (unpaired) electrons. The highest BCUT2D eigenvalue weighted by Gasteiger charge is 1.89. The molecule has 2 nitrogen and oxygen atoms in total. The minimum absolute atomic E-state index is 0.140. The zero-order valence-electron chi connectivity index (χ0n) is 9.28. The molecule has 0 bridgehead atoms. The predicted molar refractivity (Wildman–Crippen MR) is 72.0 cm³/mol. The number of aliphatic hydroxyl groups excluding tert-OH is 1. The standard InChI is InChI=1S/C7H5NS.C7H8O/c1-2-4-7-6(3-1)8-5-9-7;8-6-7-4-2-1-3-5-7/h1-5H;1-5,8H,6H2. The summed E-state index contributed by atoms with van der Waals surface area (Å²) in [6.07, 6.45) is 0. The molecule has 0 spiro atoms. The molecule has 0 atom stereocenters. The molecule has 0 saturated heterocycles. The smallest absolute Gasteiger partial charge is 0.0812 e. The Morgan fingerprint density at radius 1 is 0.941 bits per heavy atom. The third-order valence-corrected chi connectivity index (χ3v) is 3.07. The van der Waals surface area contributed by atoms with Crippen LogP contribution in [0.15, 0.2) is 60.1 Å². The summed E-state index contributed by atoms with van der Waals surface area (Å²) in [4.78, 5) is 4.14. The van der Waals surface area contributed by atoms with Gasteiger partial charge in [0.25, 0.3) is 0 Å². The summed E-state index contributed by atoms with van der Waals surface area (Å²) in [6, 6.07) is 17.7. The molecule has 0 saturated carbocycles. The van der Waals surface area contributed by atoms with Gasteiger partial charge in [-0.3, -0.25) is 0 Å². The maximum Gasteiger partial charge on any atom is 0.0812 e. The SMILES string of the molecule is OCc1ccccc1.c1ccc2scnc2c1. The number of hydrogen-bond acceptors (Lipinski definition) is 3. The molecule has 17 heavy (non-hydrogen) atoms. The van der Waals surface area contributed by atoms with E-state index >= 15 is 0 Å². The summed E-state index contributed by atoms with van der Waals surface area (Å²) < 4.78 is 1.26. The summed E-state index contributed by atoms with van der Waals surface area (Å²) >= 11 is 1.68. The monoisotopic (exact) mass is 243 g/mol. The molecule has 3 aromatic rings. The lowest BCUT2D eigenvalue weighted by atomic mass is 10.2. The van der Waals surface area contributed by atoms with Crippen LogP contribution in [0.25, 0.3) is 10.2 Å². The first-order valence-electron chi connectivity index (χ1n) is 5.33. The second-order valence-electron chi connectivity index (χ2n) is 3.46. The molecule has 0 amide bonds. The number of aliphatic hydroxyl groups is 1. The number of aromatic nitrogens is 1. The van der Waals surface area contributed by atoms with Crippen LogP contribution in [0.2, 0.25) is 0 Å². The molecule has 1 aromatic heterocycles. The van der Waals surface area contributed by atoms with Crippen LogP contribution in [0.4, 0.5) is 0 Å². The summed E-state index contributed by atoms with van der Waals surface area (Å²) in [7, 11) is 0. The van der Waals surface area contributed by atoms with Crippen LogP contribution >= 0.6 is 11.3 Å². The van der Waals surface area contributed by atoms with E-state index in [0.717, 1.165) is 11.1 Å². The van der Waals surface area contributed by atoms with Gasteiger partial charge in [0.1, 0.15) is 0 Å². The molecule has 2 aromatic carbocycles. The normalized spacial score (nSPS) is 9.71. The molecular formula is C14H13NOS. The van der Waals surface area contributed by atoms with Gasteiger partial charge in [0.2, 0.25) is 0 Å². The van der Waals surface area contributed by atoms with Crippen LogP contribution < -0.4 is 0 Å². The fraction of sp³-hybridized carbons (Fsp3) is 0.0714. The Kier molecular flexibility index (Phi) is 4.24. The fourth-order valence-corrected chi connectivity index (χ4v) is 2.07. The van der Waals surface area contributed by atoms with E-state index in [-0.39, 0.29) is 6.61 Å². The minimum Gasteiger partial charge on any atom is -0.392 e. The van der Waals surface area contributed by atoms with Crippen molar-refractivity contribution in [1.82, 2.24) is 4.98 Å². The third-order valence-electron chi connectivity index (χ3n) is 2.26. The Morgan fingerprint density at radius 3 is 2.29 bits per heavy atom. The molecule has 0 aliphatic carbocycles. The zero-order chi connectivity index (χ0) is 11.9. The largest absolute Gasteiger partial charge is 0.392 e. The minimum atomic E-state index is 0.140. The quantitative estimate of drug-likeness (QED) is 0.710. The van der Waals surface area contributed by atoms with E-state index in [9.17, 15) is 0 Å². The van der Waals surface area contributed by atoms with E-state index < -0.39 is 0 Å². The Morgan fingerprint density at radius 2 is 1.65 bits per heavy atom. The molecule has 0 aliphatic heterocycles. The first-order valence-corrected chi connectivity index (χ1v) is 6.21. The maximum atomic E-state index is 8.54. The number of rotatable bonds is 1. The molecular weight excluding hydrogens is 230 g/mol. The number of hydrogen-bond donors (Lipinski definition) is 1. The van der Waals surface area contributed by atoms with Crippen LogP contribution in [-0.4, -0.2) is 10.1 Å². The van der Waals surface area contributed by atoms with Crippen LogP contribution in [-0.2, 0) is 6.61 Å². The van der Waals surface area contributed by atoms with E-state index in [1.165, 1.54) is 4.70 Å². The second-order valence-corrected chi connectivity index (χ2v) is 4.35. The van der Waals surface area contributed by atoms with Crippen LogP contribution in [0, 0.1) is 0 Å². The van der Waals surface area contributed by atoms with Gasteiger partial charge in [0, 0.05) is 0 Å². The van der Waals surface area contributed by atoms with E-state index in [2.05, 4.69) is 11.1 Å². The van der Waals surface area contributed by atoms with Crippen LogP contribution in [0.5, 0.6) is 0 Å². The number of thiazole rings is 1. The molecule has 1 N–H and O–H groups in total. The lowest BCUT2D eigenvalue weighted by Gasteiger charge is -1.89. The van der Waals surface area contributed by atoms with E-state index in [1.54, 1.807) is 11.3 Å². The summed E-state index contributed by atoms with van der Waals surface area (Å²) in [5.74, 6) is 0. The number of nitrogens with zero attached hydrogens (tertiary/aromatic N) is 1. The first kappa shape index (κ1) is 11.8.